The maximum atomic E-state index is 12.2. The zero-order valence-corrected chi connectivity index (χ0v) is 18.9. The Morgan fingerprint density at radius 1 is 0.939 bits per heavy atom. The maximum absolute atomic E-state index is 12.2. The first-order chi connectivity index (χ1) is 16.1. The van der Waals surface area contributed by atoms with Gasteiger partial charge in [0.15, 0.2) is 0 Å². The summed E-state index contributed by atoms with van der Waals surface area (Å²) in [5.41, 5.74) is 2.74. The normalized spacial score (nSPS) is 13.1. The molecule has 168 valence electrons. The molecule has 3 N–H and O–H groups in total. The van der Waals surface area contributed by atoms with Gasteiger partial charge < -0.3 is 20.9 Å². The monoisotopic (exact) mass is 460 g/mol. The van der Waals surface area contributed by atoms with Gasteiger partial charge in [0.1, 0.15) is 0 Å². The molecule has 2 amide bonds. The van der Waals surface area contributed by atoms with E-state index in [4.69, 9.17) is 11.6 Å². The lowest BCUT2D eigenvalue weighted by Crippen LogP contribution is -2.26. The second-order valence-corrected chi connectivity index (χ2v) is 8.13. The van der Waals surface area contributed by atoms with Crippen LogP contribution >= 0.6 is 11.6 Å². The Morgan fingerprint density at radius 3 is 2.33 bits per heavy atom. The summed E-state index contributed by atoms with van der Waals surface area (Å²) < 4.78 is 0. The minimum atomic E-state index is -0.358. The average Bonchev–Trinajstić information content (AvgIpc) is 3.32. The van der Waals surface area contributed by atoms with Crippen molar-refractivity contribution >= 4 is 35.0 Å². The number of carbonyl (C=O) groups excluding carboxylic acids is 1. The van der Waals surface area contributed by atoms with Crippen LogP contribution in [0.15, 0.2) is 60.9 Å². The third-order valence-electron chi connectivity index (χ3n) is 5.12. The highest BCUT2D eigenvalue weighted by Gasteiger charge is 2.10. The van der Waals surface area contributed by atoms with Crippen LogP contribution in [0.5, 0.6) is 0 Å². The number of nitrogens with zero attached hydrogens (tertiary/aromatic N) is 3. The number of anilines is 3. The van der Waals surface area contributed by atoms with E-state index in [9.17, 15) is 4.79 Å². The Hall–Kier alpha value is -3.60. The number of likely N-dealkylation sites (tertiary alicyclic amines) is 1. The molecular formula is C25H25ClN6O. The Morgan fingerprint density at radius 2 is 1.61 bits per heavy atom. The van der Waals surface area contributed by atoms with Crippen molar-refractivity contribution in [2.75, 3.05) is 42.1 Å². The topological polar surface area (TPSA) is 82.2 Å². The molecular weight excluding hydrogens is 436 g/mol. The second-order valence-electron chi connectivity index (χ2n) is 7.69. The SMILES string of the molecule is O=C(Nc1cccc(Cl)c1)Nc1cccc(C#Cc2cnc(NCCN3CCCC3)nc2)c1. The lowest BCUT2D eigenvalue weighted by molar-refractivity contribution is 0.262. The summed E-state index contributed by atoms with van der Waals surface area (Å²) in [6, 6.07) is 13.9. The van der Waals surface area contributed by atoms with Gasteiger partial charge in [0.05, 0.1) is 5.56 Å². The highest BCUT2D eigenvalue weighted by Crippen LogP contribution is 2.16. The largest absolute Gasteiger partial charge is 0.353 e. The highest BCUT2D eigenvalue weighted by atomic mass is 35.5. The molecule has 0 atom stereocenters. The van der Waals surface area contributed by atoms with Crippen molar-refractivity contribution in [1.82, 2.24) is 14.9 Å². The number of nitrogens with one attached hydrogen (secondary N) is 3. The van der Waals surface area contributed by atoms with Crippen LogP contribution in [-0.2, 0) is 0 Å². The lowest BCUT2D eigenvalue weighted by atomic mass is 10.2. The number of benzene rings is 2. The molecule has 2 heterocycles. The summed E-state index contributed by atoms with van der Waals surface area (Å²) in [6.45, 7) is 4.20. The molecule has 1 fully saturated rings. The molecule has 1 aliphatic rings. The van der Waals surface area contributed by atoms with Crippen molar-refractivity contribution in [2.45, 2.75) is 12.8 Å². The first-order valence-electron chi connectivity index (χ1n) is 10.9. The van der Waals surface area contributed by atoms with E-state index in [1.54, 1.807) is 48.8 Å². The molecule has 0 spiro atoms. The van der Waals surface area contributed by atoms with E-state index in [1.807, 2.05) is 12.1 Å². The Bertz CT molecular complexity index is 1150. The molecule has 7 nitrogen and oxygen atoms in total. The number of rotatable bonds is 6. The molecule has 0 saturated carbocycles. The van der Waals surface area contributed by atoms with Crippen LogP contribution in [0, 0.1) is 11.8 Å². The fourth-order valence-electron chi connectivity index (χ4n) is 3.49. The van der Waals surface area contributed by atoms with Gasteiger partial charge in [-0.25, -0.2) is 14.8 Å². The van der Waals surface area contributed by atoms with E-state index in [2.05, 4.69) is 42.7 Å². The van der Waals surface area contributed by atoms with E-state index in [1.165, 1.54) is 25.9 Å². The molecule has 0 aliphatic carbocycles. The molecule has 1 aromatic heterocycles. The molecule has 4 rings (SSSR count). The van der Waals surface area contributed by atoms with Crippen molar-refractivity contribution in [3.05, 3.63) is 77.1 Å². The summed E-state index contributed by atoms with van der Waals surface area (Å²) in [5.74, 6) is 6.75. The summed E-state index contributed by atoms with van der Waals surface area (Å²) >= 11 is 5.95. The quantitative estimate of drug-likeness (QED) is 0.465. The molecule has 2 aromatic carbocycles. The van der Waals surface area contributed by atoms with Gasteiger partial charge in [0.2, 0.25) is 5.95 Å². The van der Waals surface area contributed by atoms with E-state index in [-0.39, 0.29) is 6.03 Å². The summed E-state index contributed by atoms with van der Waals surface area (Å²) in [5, 5.41) is 9.36. The van der Waals surface area contributed by atoms with Gasteiger partial charge in [-0.1, -0.05) is 35.6 Å². The van der Waals surface area contributed by atoms with Crippen molar-refractivity contribution in [1.29, 1.82) is 0 Å². The minimum absolute atomic E-state index is 0.358. The first kappa shape index (κ1) is 22.6. The molecule has 1 saturated heterocycles. The summed E-state index contributed by atoms with van der Waals surface area (Å²) in [6.07, 6.45) is 6.00. The number of halogens is 1. The predicted molar refractivity (Wildman–Crippen MR) is 133 cm³/mol. The second kappa shape index (κ2) is 11.3. The molecule has 0 bridgehead atoms. The van der Waals surface area contributed by atoms with Crippen LogP contribution in [-0.4, -0.2) is 47.1 Å². The number of carbonyl (C=O) groups is 1. The highest BCUT2D eigenvalue weighted by molar-refractivity contribution is 6.30. The lowest BCUT2D eigenvalue weighted by Gasteiger charge is -2.14. The molecule has 33 heavy (non-hydrogen) atoms. The fraction of sp³-hybridized carbons (Fsp3) is 0.240. The third-order valence-corrected chi connectivity index (χ3v) is 5.35. The first-order valence-corrected chi connectivity index (χ1v) is 11.3. The number of hydrogen-bond acceptors (Lipinski definition) is 5. The average molecular weight is 461 g/mol. The van der Waals surface area contributed by atoms with Crippen molar-refractivity contribution in [2.24, 2.45) is 0 Å². The van der Waals surface area contributed by atoms with Crippen LogP contribution in [0.3, 0.4) is 0 Å². The van der Waals surface area contributed by atoms with Gasteiger partial charge in [-0.2, -0.15) is 0 Å². The van der Waals surface area contributed by atoms with E-state index in [0.29, 0.717) is 22.3 Å². The summed E-state index contributed by atoms with van der Waals surface area (Å²) in [7, 11) is 0. The standard InChI is InChI=1S/C25H25ClN6O/c26-21-6-4-8-23(16-21)31-25(33)30-22-7-3-5-19(15-22)9-10-20-17-28-24(29-18-20)27-11-14-32-12-1-2-13-32/h3-8,15-18H,1-2,11-14H2,(H,27,28,29)(H2,30,31,33). The molecule has 0 radical (unpaired) electrons. The summed E-state index contributed by atoms with van der Waals surface area (Å²) in [4.78, 5) is 23.4. The van der Waals surface area contributed by atoms with E-state index >= 15 is 0 Å². The predicted octanol–water partition coefficient (Wildman–Crippen LogP) is 4.68. The van der Waals surface area contributed by atoms with Crippen molar-refractivity contribution in [3.8, 4) is 11.8 Å². The van der Waals surface area contributed by atoms with Crippen LogP contribution in [0.1, 0.15) is 24.0 Å². The molecule has 0 unspecified atom stereocenters. The van der Waals surface area contributed by atoms with Crippen LogP contribution in [0.25, 0.3) is 0 Å². The molecule has 8 heteroatoms. The van der Waals surface area contributed by atoms with Crippen LogP contribution < -0.4 is 16.0 Å². The fourth-order valence-corrected chi connectivity index (χ4v) is 3.68. The van der Waals surface area contributed by atoms with Crippen LogP contribution in [0.4, 0.5) is 22.1 Å². The molecule has 3 aromatic rings. The third kappa shape index (κ3) is 7.21. The smallest absolute Gasteiger partial charge is 0.323 e. The Balaban J connectivity index is 1.30. The Kier molecular flexibility index (Phi) is 7.75. The Labute approximate surface area is 198 Å². The van der Waals surface area contributed by atoms with Crippen LogP contribution in [0.2, 0.25) is 5.02 Å². The van der Waals surface area contributed by atoms with Gasteiger partial charge in [0, 0.05) is 47.4 Å². The van der Waals surface area contributed by atoms with E-state index < -0.39 is 0 Å². The van der Waals surface area contributed by atoms with E-state index in [0.717, 1.165) is 24.2 Å². The van der Waals surface area contributed by atoms with Crippen molar-refractivity contribution < 1.29 is 4.79 Å². The van der Waals surface area contributed by atoms with Crippen molar-refractivity contribution in [3.63, 3.8) is 0 Å². The number of hydrogen-bond donors (Lipinski definition) is 3. The zero-order chi connectivity index (χ0) is 22.9. The molecule has 1 aliphatic heterocycles. The number of amides is 2. The van der Waals surface area contributed by atoms with Gasteiger partial charge >= 0.3 is 6.03 Å². The van der Waals surface area contributed by atoms with Gasteiger partial charge in [0.25, 0.3) is 0 Å². The zero-order valence-electron chi connectivity index (χ0n) is 18.1. The minimum Gasteiger partial charge on any atom is -0.353 e. The number of urea groups is 1. The number of aromatic nitrogens is 2. The van der Waals surface area contributed by atoms with Gasteiger partial charge in [-0.15, -0.1) is 0 Å². The van der Waals surface area contributed by atoms with Gasteiger partial charge in [-0.05, 0) is 62.3 Å². The van der Waals surface area contributed by atoms with Gasteiger partial charge in [-0.3, -0.25) is 0 Å². The maximum Gasteiger partial charge on any atom is 0.323 e.